The average Bonchev–Trinajstić information content (AvgIpc) is 2.33. The molecule has 2 aliphatic heterocycles. The number of Topliss-reactive ketones (excluding diaryl/α,β-unsaturated/α-hetero) is 1. The maximum Gasteiger partial charge on any atom is 0.137 e. The Kier molecular flexibility index (Phi) is 3.67. The summed E-state index contributed by atoms with van der Waals surface area (Å²) in [6.07, 6.45) is 4.50. The van der Waals surface area contributed by atoms with E-state index in [9.17, 15) is 4.79 Å². The van der Waals surface area contributed by atoms with Gasteiger partial charge in [-0.1, -0.05) is 34.8 Å². The van der Waals surface area contributed by atoms with E-state index in [4.69, 9.17) is 34.8 Å². The molecule has 0 saturated carbocycles. The van der Waals surface area contributed by atoms with E-state index in [-0.39, 0.29) is 12.1 Å². The molecule has 2 fully saturated rings. The van der Waals surface area contributed by atoms with Crippen molar-refractivity contribution in [2.75, 3.05) is 4.90 Å². The second-order valence-electron chi connectivity index (χ2n) is 5.31. The molecular formula is C14H14Cl3NO. The Morgan fingerprint density at radius 1 is 0.947 bits per heavy atom. The molecule has 0 N–H and O–H groups in total. The number of ketones is 1. The fraction of sp³-hybridized carbons (Fsp3) is 0.500. The van der Waals surface area contributed by atoms with E-state index in [0.29, 0.717) is 33.7 Å². The first-order chi connectivity index (χ1) is 9.06. The normalized spacial score (nSPS) is 26.7. The van der Waals surface area contributed by atoms with Gasteiger partial charge in [-0.25, -0.2) is 0 Å². The number of hydrogen-bond donors (Lipinski definition) is 0. The first-order valence-electron chi connectivity index (χ1n) is 6.51. The number of piperidine rings is 2. The van der Waals surface area contributed by atoms with E-state index in [2.05, 4.69) is 4.90 Å². The van der Waals surface area contributed by atoms with Crippen molar-refractivity contribution in [2.24, 2.45) is 0 Å². The van der Waals surface area contributed by atoms with Crippen LogP contribution >= 0.6 is 34.8 Å². The lowest BCUT2D eigenvalue weighted by molar-refractivity contribution is -0.121. The van der Waals surface area contributed by atoms with E-state index >= 15 is 0 Å². The third-order valence-corrected chi connectivity index (χ3v) is 5.08. The largest absolute Gasteiger partial charge is 0.363 e. The van der Waals surface area contributed by atoms with Gasteiger partial charge in [0.25, 0.3) is 0 Å². The highest BCUT2D eigenvalue weighted by Gasteiger charge is 2.38. The summed E-state index contributed by atoms with van der Waals surface area (Å²) >= 11 is 18.4. The Morgan fingerprint density at radius 2 is 1.53 bits per heavy atom. The van der Waals surface area contributed by atoms with Crippen molar-refractivity contribution in [1.82, 2.24) is 0 Å². The van der Waals surface area contributed by atoms with Crippen molar-refractivity contribution in [2.45, 2.75) is 44.2 Å². The molecule has 2 heterocycles. The molecule has 0 spiro atoms. The molecule has 102 valence electrons. The maximum absolute atomic E-state index is 11.8. The summed E-state index contributed by atoms with van der Waals surface area (Å²) in [4.78, 5) is 14.0. The predicted octanol–water partition coefficient (Wildman–Crippen LogP) is 4.74. The van der Waals surface area contributed by atoms with Crippen molar-refractivity contribution in [3.05, 3.63) is 27.2 Å². The summed E-state index contributed by atoms with van der Waals surface area (Å²) in [5, 5.41) is 1.59. The summed E-state index contributed by atoms with van der Waals surface area (Å²) in [6, 6.07) is 4.03. The van der Waals surface area contributed by atoms with Crippen molar-refractivity contribution < 1.29 is 4.79 Å². The molecule has 3 rings (SSSR count). The van der Waals surface area contributed by atoms with E-state index in [1.807, 2.05) is 6.07 Å². The van der Waals surface area contributed by atoms with Crippen molar-refractivity contribution in [3.63, 3.8) is 0 Å². The number of halogens is 3. The lowest BCUT2D eigenvalue weighted by Crippen LogP contribution is -2.52. The van der Waals surface area contributed by atoms with Gasteiger partial charge in [0.05, 0.1) is 20.8 Å². The molecule has 2 bridgehead atoms. The number of carbonyl (C=O) groups excluding carboxylic acids is 1. The molecule has 2 saturated heterocycles. The van der Waals surface area contributed by atoms with Crippen LogP contribution in [0.15, 0.2) is 12.1 Å². The summed E-state index contributed by atoms with van der Waals surface area (Å²) < 4.78 is 0. The van der Waals surface area contributed by atoms with Gasteiger partial charge in [-0.15, -0.1) is 0 Å². The summed E-state index contributed by atoms with van der Waals surface area (Å²) in [6.45, 7) is 0. The molecule has 1 aromatic rings. The standard InChI is InChI=1S/C14H14Cl3NO/c15-11-6-13(17)14(7-12(11)16)18-8-2-1-3-9(18)5-10(19)4-8/h6-9H,1-5H2. The van der Waals surface area contributed by atoms with Crippen LogP contribution in [0.4, 0.5) is 5.69 Å². The number of anilines is 1. The molecule has 5 heteroatoms. The molecule has 0 radical (unpaired) electrons. The number of benzene rings is 1. The van der Waals surface area contributed by atoms with Gasteiger partial charge >= 0.3 is 0 Å². The molecule has 2 unspecified atom stereocenters. The second-order valence-corrected chi connectivity index (χ2v) is 6.53. The van der Waals surface area contributed by atoms with Crippen LogP contribution < -0.4 is 4.90 Å². The minimum atomic E-state index is 0.259. The van der Waals surface area contributed by atoms with Gasteiger partial charge in [-0.3, -0.25) is 4.79 Å². The molecule has 1 aromatic carbocycles. The Balaban J connectivity index is 2.01. The van der Waals surface area contributed by atoms with Gasteiger partial charge in [0.2, 0.25) is 0 Å². The average molecular weight is 319 g/mol. The molecule has 2 aliphatic rings. The van der Waals surface area contributed by atoms with Crippen LogP contribution in [0, 0.1) is 0 Å². The van der Waals surface area contributed by atoms with Gasteiger partial charge in [0.1, 0.15) is 5.78 Å². The minimum Gasteiger partial charge on any atom is -0.363 e. The van der Waals surface area contributed by atoms with Gasteiger partial charge in [0.15, 0.2) is 0 Å². The van der Waals surface area contributed by atoms with Crippen molar-refractivity contribution >= 4 is 46.3 Å². The SMILES string of the molecule is O=C1CC2CCCC(C1)N2c1cc(Cl)c(Cl)cc1Cl. The van der Waals surface area contributed by atoms with E-state index in [1.54, 1.807) is 6.07 Å². The quantitative estimate of drug-likeness (QED) is 0.697. The number of fused-ring (bicyclic) bond motifs is 2. The molecule has 19 heavy (non-hydrogen) atoms. The zero-order valence-electron chi connectivity index (χ0n) is 10.3. The predicted molar refractivity (Wildman–Crippen MR) is 79.6 cm³/mol. The molecule has 0 amide bonds. The number of carbonyl (C=O) groups is 1. The highest BCUT2D eigenvalue weighted by atomic mass is 35.5. The molecule has 2 atom stereocenters. The summed E-state index contributed by atoms with van der Waals surface area (Å²) in [5.74, 6) is 0.363. The third-order valence-electron chi connectivity index (χ3n) is 4.06. The second kappa shape index (κ2) is 5.16. The fourth-order valence-corrected chi connectivity index (χ4v) is 3.92. The smallest absolute Gasteiger partial charge is 0.137 e. The van der Waals surface area contributed by atoms with Crippen LogP contribution in [0.25, 0.3) is 0 Å². The summed E-state index contributed by atoms with van der Waals surface area (Å²) in [7, 11) is 0. The highest BCUT2D eigenvalue weighted by Crippen LogP contribution is 2.42. The Morgan fingerprint density at radius 3 is 2.16 bits per heavy atom. The van der Waals surface area contributed by atoms with Gasteiger partial charge in [-0.2, -0.15) is 0 Å². The molecule has 0 aliphatic carbocycles. The van der Waals surface area contributed by atoms with Crippen LogP contribution in [0.2, 0.25) is 15.1 Å². The number of hydrogen-bond acceptors (Lipinski definition) is 2. The first-order valence-corrected chi connectivity index (χ1v) is 7.64. The van der Waals surface area contributed by atoms with E-state index in [0.717, 1.165) is 18.5 Å². The lowest BCUT2D eigenvalue weighted by atomic mass is 9.83. The first kappa shape index (κ1) is 13.5. The highest BCUT2D eigenvalue weighted by molar-refractivity contribution is 6.44. The molecule has 2 nitrogen and oxygen atoms in total. The zero-order chi connectivity index (χ0) is 13.6. The summed E-state index contributed by atoms with van der Waals surface area (Å²) in [5.41, 5.74) is 0.915. The topological polar surface area (TPSA) is 20.3 Å². The fourth-order valence-electron chi connectivity index (χ4n) is 3.28. The Labute approximate surface area is 127 Å². The lowest BCUT2D eigenvalue weighted by Gasteiger charge is -2.47. The minimum absolute atomic E-state index is 0.259. The van der Waals surface area contributed by atoms with Crippen LogP contribution in [0.5, 0.6) is 0 Å². The van der Waals surface area contributed by atoms with Gasteiger partial charge in [0, 0.05) is 24.9 Å². The third kappa shape index (κ3) is 2.46. The van der Waals surface area contributed by atoms with Crippen LogP contribution in [-0.4, -0.2) is 17.9 Å². The maximum atomic E-state index is 11.8. The van der Waals surface area contributed by atoms with Crippen LogP contribution in [0.1, 0.15) is 32.1 Å². The Hall–Kier alpha value is -0.440. The monoisotopic (exact) mass is 317 g/mol. The molecular weight excluding hydrogens is 305 g/mol. The molecule has 0 aromatic heterocycles. The van der Waals surface area contributed by atoms with Crippen LogP contribution in [-0.2, 0) is 4.79 Å². The van der Waals surface area contributed by atoms with E-state index < -0.39 is 0 Å². The van der Waals surface area contributed by atoms with Crippen LogP contribution in [0.3, 0.4) is 0 Å². The number of nitrogens with zero attached hydrogens (tertiary/aromatic N) is 1. The van der Waals surface area contributed by atoms with Gasteiger partial charge < -0.3 is 4.90 Å². The van der Waals surface area contributed by atoms with Gasteiger partial charge in [-0.05, 0) is 31.4 Å². The van der Waals surface area contributed by atoms with E-state index in [1.165, 1.54) is 6.42 Å². The van der Waals surface area contributed by atoms with Crippen molar-refractivity contribution in [3.8, 4) is 0 Å². The van der Waals surface area contributed by atoms with Crippen molar-refractivity contribution in [1.29, 1.82) is 0 Å². The Bertz CT molecular complexity index is 516. The number of rotatable bonds is 1. The zero-order valence-corrected chi connectivity index (χ0v) is 12.6.